The Hall–Kier alpha value is -2.04. The first-order valence-electron chi connectivity index (χ1n) is 5.55. The molecule has 2 aromatic rings. The predicted octanol–water partition coefficient (Wildman–Crippen LogP) is 2.49. The Morgan fingerprint density at radius 3 is 2.67 bits per heavy atom. The minimum absolute atomic E-state index is 0.122. The molecule has 0 radical (unpaired) electrons. The van der Waals surface area contributed by atoms with E-state index in [0.29, 0.717) is 17.7 Å². The van der Waals surface area contributed by atoms with Gasteiger partial charge < -0.3 is 0 Å². The average Bonchev–Trinajstić information content (AvgIpc) is 2.73. The molecule has 0 spiro atoms. The molecule has 0 N–H and O–H groups in total. The molecule has 0 bridgehead atoms. The van der Waals surface area contributed by atoms with Crippen molar-refractivity contribution in [2.24, 2.45) is 7.05 Å². The molecule has 18 heavy (non-hydrogen) atoms. The summed E-state index contributed by atoms with van der Waals surface area (Å²) in [6, 6.07) is 3.13. The Kier molecular flexibility index (Phi) is 3.23. The number of rotatable bonds is 3. The van der Waals surface area contributed by atoms with Crippen molar-refractivity contribution < 1.29 is 13.6 Å². The molecule has 0 amide bonds. The van der Waals surface area contributed by atoms with E-state index in [1.54, 1.807) is 13.2 Å². The lowest BCUT2D eigenvalue weighted by molar-refractivity contribution is 0.103. The second-order valence-electron chi connectivity index (χ2n) is 3.97. The zero-order valence-corrected chi connectivity index (χ0v) is 10.1. The van der Waals surface area contributed by atoms with E-state index in [4.69, 9.17) is 0 Å². The molecule has 0 saturated carbocycles. The molecule has 0 aliphatic rings. The van der Waals surface area contributed by atoms with Crippen molar-refractivity contribution >= 4 is 5.78 Å². The number of nitrogens with zero attached hydrogens (tertiary/aromatic N) is 2. The predicted molar refractivity (Wildman–Crippen MR) is 62.4 cm³/mol. The number of hydrogen-bond donors (Lipinski definition) is 0. The summed E-state index contributed by atoms with van der Waals surface area (Å²) in [4.78, 5) is 12.2. The minimum atomic E-state index is -1.03. The first-order valence-corrected chi connectivity index (χ1v) is 5.55. The molecular weight excluding hydrogens is 238 g/mol. The Bertz CT molecular complexity index is 605. The Morgan fingerprint density at radius 2 is 2.06 bits per heavy atom. The largest absolute Gasteiger partial charge is 0.288 e. The van der Waals surface area contributed by atoms with Gasteiger partial charge in [0.15, 0.2) is 17.4 Å². The first-order chi connectivity index (χ1) is 8.52. The number of aryl methyl sites for hydroxylation is 2. The Labute approximate surface area is 103 Å². The van der Waals surface area contributed by atoms with E-state index in [1.807, 2.05) is 6.92 Å². The van der Waals surface area contributed by atoms with Crippen molar-refractivity contribution in [3.8, 4) is 0 Å². The van der Waals surface area contributed by atoms with Crippen LogP contribution in [0.25, 0.3) is 0 Å². The highest BCUT2D eigenvalue weighted by Gasteiger charge is 2.17. The summed E-state index contributed by atoms with van der Waals surface area (Å²) in [6.45, 7) is 1.88. The SMILES string of the molecule is CCc1nn(C)cc1C(=O)c1ccc(F)c(F)c1. The van der Waals surface area contributed by atoms with Gasteiger partial charge in [-0.15, -0.1) is 0 Å². The molecule has 0 aliphatic heterocycles. The van der Waals surface area contributed by atoms with Gasteiger partial charge in [-0.05, 0) is 24.6 Å². The standard InChI is InChI=1S/C13H12F2N2O/c1-3-12-9(7-17(2)16-12)13(18)8-4-5-10(14)11(15)6-8/h4-7H,3H2,1-2H3. The van der Waals surface area contributed by atoms with E-state index in [0.717, 1.165) is 12.1 Å². The van der Waals surface area contributed by atoms with E-state index in [9.17, 15) is 13.6 Å². The topological polar surface area (TPSA) is 34.9 Å². The van der Waals surface area contributed by atoms with Crippen LogP contribution in [0.15, 0.2) is 24.4 Å². The Morgan fingerprint density at radius 1 is 1.33 bits per heavy atom. The molecule has 0 unspecified atom stereocenters. The zero-order valence-electron chi connectivity index (χ0n) is 10.1. The van der Waals surface area contributed by atoms with Gasteiger partial charge in [-0.2, -0.15) is 5.10 Å². The van der Waals surface area contributed by atoms with Crippen LogP contribution in [0.2, 0.25) is 0 Å². The van der Waals surface area contributed by atoms with Crippen LogP contribution in [0.3, 0.4) is 0 Å². The van der Waals surface area contributed by atoms with Crippen LogP contribution in [0, 0.1) is 11.6 Å². The smallest absolute Gasteiger partial charge is 0.196 e. The maximum absolute atomic E-state index is 13.1. The van der Waals surface area contributed by atoms with Gasteiger partial charge in [-0.25, -0.2) is 8.78 Å². The van der Waals surface area contributed by atoms with E-state index in [-0.39, 0.29) is 11.3 Å². The maximum atomic E-state index is 13.1. The Balaban J connectivity index is 2.44. The number of ketones is 1. The van der Waals surface area contributed by atoms with Crippen LogP contribution < -0.4 is 0 Å². The van der Waals surface area contributed by atoms with Gasteiger partial charge in [-0.1, -0.05) is 6.92 Å². The molecule has 2 rings (SSSR count). The van der Waals surface area contributed by atoms with Gasteiger partial charge in [0.05, 0.1) is 11.3 Å². The van der Waals surface area contributed by atoms with E-state index >= 15 is 0 Å². The lowest BCUT2D eigenvalue weighted by Gasteiger charge is -2.01. The van der Waals surface area contributed by atoms with Crippen molar-refractivity contribution in [2.45, 2.75) is 13.3 Å². The van der Waals surface area contributed by atoms with Gasteiger partial charge in [0.2, 0.25) is 0 Å². The molecule has 1 aromatic heterocycles. The third kappa shape index (κ3) is 2.16. The van der Waals surface area contributed by atoms with Gasteiger partial charge >= 0.3 is 0 Å². The third-order valence-electron chi connectivity index (χ3n) is 2.67. The lowest BCUT2D eigenvalue weighted by Crippen LogP contribution is -2.04. The summed E-state index contributed by atoms with van der Waals surface area (Å²) in [5.41, 5.74) is 1.19. The quantitative estimate of drug-likeness (QED) is 0.784. The van der Waals surface area contributed by atoms with Crippen molar-refractivity contribution in [1.29, 1.82) is 0 Å². The fourth-order valence-electron chi connectivity index (χ4n) is 1.78. The number of aromatic nitrogens is 2. The summed E-state index contributed by atoms with van der Waals surface area (Å²) < 4.78 is 27.4. The van der Waals surface area contributed by atoms with Crippen LogP contribution >= 0.6 is 0 Å². The number of halogens is 2. The van der Waals surface area contributed by atoms with E-state index < -0.39 is 11.6 Å². The lowest BCUT2D eigenvalue weighted by atomic mass is 10.0. The molecule has 0 aliphatic carbocycles. The summed E-state index contributed by atoms with van der Waals surface area (Å²) in [6.07, 6.45) is 2.19. The normalized spacial score (nSPS) is 10.7. The maximum Gasteiger partial charge on any atom is 0.196 e. The first kappa shape index (κ1) is 12.4. The van der Waals surface area contributed by atoms with Crippen LogP contribution in [-0.4, -0.2) is 15.6 Å². The van der Waals surface area contributed by atoms with Crippen molar-refractivity contribution in [3.05, 3.63) is 52.9 Å². The molecule has 1 heterocycles. The molecule has 0 fully saturated rings. The average molecular weight is 250 g/mol. The van der Waals surface area contributed by atoms with E-state index in [2.05, 4.69) is 5.10 Å². The van der Waals surface area contributed by atoms with Crippen molar-refractivity contribution in [1.82, 2.24) is 9.78 Å². The summed E-state index contributed by atoms with van der Waals surface area (Å²) in [5.74, 6) is -2.34. The second kappa shape index (κ2) is 4.68. The molecular formula is C13H12F2N2O. The van der Waals surface area contributed by atoms with Gasteiger partial charge in [0.25, 0.3) is 0 Å². The van der Waals surface area contributed by atoms with E-state index in [1.165, 1.54) is 10.7 Å². The van der Waals surface area contributed by atoms with Gasteiger partial charge in [0, 0.05) is 18.8 Å². The number of carbonyl (C=O) groups excluding carboxylic acids is 1. The summed E-state index contributed by atoms with van der Waals surface area (Å²) >= 11 is 0. The number of hydrogen-bond acceptors (Lipinski definition) is 2. The number of carbonyl (C=O) groups is 1. The molecule has 3 nitrogen and oxygen atoms in total. The summed E-state index contributed by atoms with van der Waals surface area (Å²) in [5, 5.41) is 4.14. The van der Waals surface area contributed by atoms with Crippen LogP contribution in [0.5, 0.6) is 0 Å². The van der Waals surface area contributed by atoms with Gasteiger partial charge in [-0.3, -0.25) is 9.48 Å². The highest BCUT2D eigenvalue weighted by atomic mass is 19.2. The third-order valence-corrected chi connectivity index (χ3v) is 2.67. The highest BCUT2D eigenvalue weighted by Crippen LogP contribution is 2.16. The second-order valence-corrected chi connectivity index (χ2v) is 3.97. The summed E-state index contributed by atoms with van der Waals surface area (Å²) in [7, 11) is 1.71. The van der Waals surface area contributed by atoms with Crippen molar-refractivity contribution in [3.63, 3.8) is 0 Å². The molecule has 0 atom stereocenters. The van der Waals surface area contributed by atoms with Crippen LogP contribution in [-0.2, 0) is 13.5 Å². The fourth-order valence-corrected chi connectivity index (χ4v) is 1.78. The fraction of sp³-hybridized carbons (Fsp3) is 0.231. The molecule has 5 heteroatoms. The minimum Gasteiger partial charge on any atom is -0.288 e. The number of benzene rings is 1. The van der Waals surface area contributed by atoms with Gasteiger partial charge in [0.1, 0.15) is 0 Å². The molecule has 1 aromatic carbocycles. The zero-order chi connectivity index (χ0) is 13.3. The van der Waals surface area contributed by atoms with Crippen LogP contribution in [0.4, 0.5) is 8.78 Å². The monoisotopic (exact) mass is 250 g/mol. The highest BCUT2D eigenvalue weighted by molar-refractivity contribution is 6.09. The van der Waals surface area contributed by atoms with Crippen LogP contribution in [0.1, 0.15) is 28.5 Å². The molecule has 0 saturated heterocycles. The molecule has 94 valence electrons. The van der Waals surface area contributed by atoms with Crippen molar-refractivity contribution in [2.75, 3.05) is 0 Å².